The summed E-state index contributed by atoms with van der Waals surface area (Å²) in [4.78, 5) is 4.09. The molecular formula is C24H20N6O4S. The van der Waals surface area contributed by atoms with E-state index >= 15 is 0 Å². The van der Waals surface area contributed by atoms with Crippen molar-refractivity contribution in [3.8, 4) is 34.1 Å². The minimum atomic E-state index is -3.83. The fourth-order valence-corrected chi connectivity index (χ4v) is 4.60. The van der Waals surface area contributed by atoms with Crippen LogP contribution in [0.25, 0.3) is 28.3 Å². The van der Waals surface area contributed by atoms with Crippen LogP contribution in [0, 0.1) is 0 Å². The predicted molar refractivity (Wildman–Crippen MR) is 130 cm³/mol. The van der Waals surface area contributed by atoms with Crippen molar-refractivity contribution in [2.75, 3.05) is 18.9 Å². The average molecular weight is 489 g/mol. The molecule has 3 heterocycles. The minimum absolute atomic E-state index is 0.0580. The third-order valence-electron chi connectivity index (χ3n) is 5.30. The number of pyridine rings is 1. The van der Waals surface area contributed by atoms with Gasteiger partial charge in [-0.15, -0.1) is 10.2 Å². The zero-order valence-corrected chi connectivity index (χ0v) is 19.6. The summed E-state index contributed by atoms with van der Waals surface area (Å²) in [7, 11) is -0.895. The van der Waals surface area contributed by atoms with Gasteiger partial charge in [-0.3, -0.25) is 9.71 Å². The highest BCUT2D eigenvalue weighted by Crippen LogP contribution is 2.30. The molecule has 0 radical (unpaired) electrons. The SMILES string of the molecule is COc1ccc(S(=O)(=O)Nc2ccc(-c3ccc4nnc(-c5ccncc5)n4n3)cc2)cc1OC. The van der Waals surface area contributed by atoms with Crippen molar-refractivity contribution in [1.82, 2.24) is 24.8 Å². The Morgan fingerprint density at radius 1 is 0.800 bits per heavy atom. The highest BCUT2D eigenvalue weighted by Gasteiger charge is 2.17. The number of fused-ring (bicyclic) bond motifs is 1. The summed E-state index contributed by atoms with van der Waals surface area (Å²) in [6.07, 6.45) is 3.37. The summed E-state index contributed by atoms with van der Waals surface area (Å²) in [6.45, 7) is 0. The van der Waals surface area contributed by atoms with E-state index in [9.17, 15) is 8.42 Å². The van der Waals surface area contributed by atoms with E-state index in [1.807, 2.05) is 24.3 Å². The van der Waals surface area contributed by atoms with Crippen molar-refractivity contribution >= 4 is 21.4 Å². The molecule has 0 aliphatic carbocycles. The van der Waals surface area contributed by atoms with Crippen molar-refractivity contribution in [1.29, 1.82) is 0 Å². The van der Waals surface area contributed by atoms with Gasteiger partial charge in [0.15, 0.2) is 23.0 Å². The van der Waals surface area contributed by atoms with Crippen LogP contribution in [0.2, 0.25) is 0 Å². The first-order valence-electron chi connectivity index (χ1n) is 10.5. The van der Waals surface area contributed by atoms with E-state index in [0.29, 0.717) is 34.4 Å². The maximum Gasteiger partial charge on any atom is 0.262 e. The van der Waals surface area contributed by atoms with Gasteiger partial charge in [-0.1, -0.05) is 12.1 Å². The maximum absolute atomic E-state index is 12.9. The molecule has 0 atom stereocenters. The number of hydrogen-bond acceptors (Lipinski definition) is 8. The average Bonchev–Trinajstić information content (AvgIpc) is 3.32. The van der Waals surface area contributed by atoms with Crippen LogP contribution < -0.4 is 14.2 Å². The number of sulfonamides is 1. The smallest absolute Gasteiger partial charge is 0.262 e. The molecule has 0 fully saturated rings. The van der Waals surface area contributed by atoms with Crippen LogP contribution in [0.15, 0.2) is 84.0 Å². The summed E-state index contributed by atoms with van der Waals surface area (Å²) in [5, 5.41) is 13.1. The summed E-state index contributed by atoms with van der Waals surface area (Å²) in [5.41, 5.74) is 3.35. The lowest BCUT2D eigenvalue weighted by Crippen LogP contribution is -2.13. The summed E-state index contributed by atoms with van der Waals surface area (Å²) >= 11 is 0. The molecule has 0 saturated carbocycles. The van der Waals surface area contributed by atoms with Crippen molar-refractivity contribution in [3.63, 3.8) is 0 Å². The van der Waals surface area contributed by atoms with Crippen LogP contribution in [-0.4, -0.2) is 47.4 Å². The topological polar surface area (TPSA) is 121 Å². The highest BCUT2D eigenvalue weighted by atomic mass is 32.2. The Kier molecular flexibility index (Phi) is 5.75. The predicted octanol–water partition coefficient (Wildman–Crippen LogP) is 3.67. The zero-order chi connectivity index (χ0) is 24.4. The fourth-order valence-electron chi connectivity index (χ4n) is 3.53. The van der Waals surface area contributed by atoms with E-state index < -0.39 is 10.0 Å². The normalized spacial score (nSPS) is 11.4. The van der Waals surface area contributed by atoms with E-state index in [1.54, 1.807) is 47.2 Å². The highest BCUT2D eigenvalue weighted by molar-refractivity contribution is 7.92. The number of benzene rings is 2. The molecule has 0 unspecified atom stereocenters. The molecule has 0 bridgehead atoms. The summed E-state index contributed by atoms with van der Waals surface area (Å²) in [5.74, 6) is 1.37. The van der Waals surface area contributed by atoms with Crippen molar-refractivity contribution < 1.29 is 17.9 Å². The number of aromatic nitrogens is 5. The van der Waals surface area contributed by atoms with Crippen LogP contribution >= 0.6 is 0 Å². The second-order valence-electron chi connectivity index (χ2n) is 7.45. The van der Waals surface area contributed by atoms with Gasteiger partial charge in [0, 0.05) is 35.3 Å². The van der Waals surface area contributed by atoms with E-state index in [-0.39, 0.29) is 4.90 Å². The standard InChI is InChI=1S/C24H20N6O4S/c1-33-21-9-7-19(15-22(21)34-2)35(31,32)29-18-5-3-16(4-6-18)20-8-10-23-26-27-24(30(23)28-20)17-11-13-25-14-12-17/h3-15,29H,1-2H3. The second-order valence-corrected chi connectivity index (χ2v) is 9.13. The first kappa shape index (κ1) is 22.3. The lowest BCUT2D eigenvalue weighted by atomic mass is 10.1. The number of nitrogens with one attached hydrogen (secondary N) is 1. The van der Waals surface area contributed by atoms with Crippen LogP contribution in [0.4, 0.5) is 5.69 Å². The third kappa shape index (κ3) is 4.36. The Morgan fingerprint density at radius 2 is 1.54 bits per heavy atom. The number of ether oxygens (including phenoxy) is 2. The van der Waals surface area contributed by atoms with Crippen molar-refractivity contribution in [3.05, 3.63) is 79.1 Å². The summed E-state index contributed by atoms with van der Waals surface area (Å²) < 4.78 is 40.4. The third-order valence-corrected chi connectivity index (χ3v) is 6.68. The molecule has 11 heteroatoms. The van der Waals surface area contributed by atoms with Gasteiger partial charge in [0.1, 0.15) is 0 Å². The van der Waals surface area contributed by atoms with Gasteiger partial charge in [-0.2, -0.15) is 9.61 Å². The molecule has 0 aliphatic rings. The molecular weight excluding hydrogens is 468 g/mol. The Labute approximate surface area is 201 Å². The monoisotopic (exact) mass is 488 g/mol. The van der Waals surface area contributed by atoms with E-state index in [2.05, 4.69) is 25.0 Å². The van der Waals surface area contributed by atoms with Crippen molar-refractivity contribution in [2.24, 2.45) is 0 Å². The molecule has 0 amide bonds. The van der Waals surface area contributed by atoms with Crippen LogP contribution in [0.1, 0.15) is 0 Å². The van der Waals surface area contributed by atoms with Crippen LogP contribution in [-0.2, 0) is 10.0 Å². The van der Waals surface area contributed by atoms with Gasteiger partial charge < -0.3 is 9.47 Å². The number of anilines is 1. The zero-order valence-electron chi connectivity index (χ0n) is 18.8. The number of rotatable bonds is 7. The Hall–Kier alpha value is -4.51. The molecule has 5 aromatic rings. The molecule has 2 aromatic carbocycles. The van der Waals surface area contributed by atoms with E-state index in [1.165, 1.54) is 26.4 Å². The summed E-state index contributed by atoms with van der Waals surface area (Å²) in [6, 6.07) is 18.7. The Balaban J connectivity index is 1.41. The van der Waals surface area contributed by atoms with Gasteiger partial charge in [0.2, 0.25) is 0 Å². The molecule has 3 aromatic heterocycles. The van der Waals surface area contributed by atoms with Gasteiger partial charge in [-0.05, 0) is 48.5 Å². The van der Waals surface area contributed by atoms with Crippen molar-refractivity contribution in [2.45, 2.75) is 4.90 Å². The minimum Gasteiger partial charge on any atom is -0.493 e. The van der Waals surface area contributed by atoms with Gasteiger partial charge in [0.25, 0.3) is 10.0 Å². The molecule has 176 valence electrons. The molecule has 0 aliphatic heterocycles. The Morgan fingerprint density at radius 3 is 2.26 bits per heavy atom. The van der Waals surface area contributed by atoms with Gasteiger partial charge in [0.05, 0.1) is 24.8 Å². The molecule has 5 rings (SSSR count). The lowest BCUT2D eigenvalue weighted by Gasteiger charge is -2.12. The Bertz CT molecular complexity index is 1600. The molecule has 10 nitrogen and oxygen atoms in total. The number of nitrogens with zero attached hydrogens (tertiary/aromatic N) is 5. The molecule has 35 heavy (non-hydrogen) atoms. The fraction of sp³-hybridized carbons (Fsp3) is 0.0833. The number of methoxy groups -OCH3 is 2. The lowest BCUT2D eigenvalue weighted by molar-refractivity contribution is 0.354. The quantitative estimate of drug-likeness (QED) is 0.368. The molecule has 1 N–H and O–H groups in total. The van der Waals surface area contributed by atoms with Gasteiger partial charge in [-0.25, -0.2) is 8.42 Å². The number of hydrogen-bond donors (Lipinski definition) is 1. The van der Waals surface area contributed by atoms with E-state index in [4.69, 9.17) is 9.47 Å². The largest absolute Gasteiger partial charge is 0.493 e. The van der Waals surface area contributed by atoms with Gasteiger partial charge >= 0.3 is 0 Å². The maximum atomic E-state index is 12.9. The molecule has 0 spiro atoms. The molecule has 0 saturated heterocycles. The van der Waals surface area contributed by atoms with E-state index in [0.717, 1.165) is 11.1 Å². The first-order chi connectivity index (χ1) is 17.0. The van der Waals surface area contributed by atoms with Crippen LogP contribution in [0.5, 0.6) is 11.5 Å². The van der Waals surface area contributed by atoms with Crippen LogP contribution in [0.3, 0.4) is 0 Å². The second kappa shape index (κ2) is 9.03. The first-order valence-corrected chi connectivity index (χ1v) is 11.9.